The highest BCUT2D eigenvalue weighted by Gasteiger charge is 2.35. The number of hydrogen-bond acceptors (Lipinski definition) is 7. The summed E-state index contributed by atoms with van der Waals surface area (Å²) in [5.74, 6) is 2.20. The molecular weight excluding hydrogens is 466 g/mol. The summed E-state index contributed by atoms with van der Waals surface area (Å²) in [6, 6.07) is 13.2. The van der Waals surface area contributed by atoms with E-state index in [1.807, 2.05) is 12.1 Å². The van der Waals surface area contributed by atoms with Crippen LogP contribution in [0.15, 0.2) is 36.4 Å². The fourth-order valence-electron chi connectivity index (χ4n) is 6.07. The quantitative estimate of drug-likeness (QED) is 0.468. The molecule has 0 spiro atoms. The number of piperidine rings is 1. The van der Waals surface area contributed by atoms with Crippen molar-refractivity contribution in [3.63, 3.8) is 0 Å². The monoisotopic (exact) mass is 509 g/mol. The van der Waals surface area contributed by atoms with Gasteiger partial charge in [0.1, 0.15) is 11.5 Å². The number of anilines is 1. The summed E-state index contributed by atoms with van der Waals surface area (Å²) in [6.07, 6.45) is 2.46. The molecule has 0 saturated carbocycles. The molecule has 2 fully saturated rings. The highest BCUT2D eigenvalue weighted by molar-refractivity contribution is 5.69. The second-order valence-electron chi connectivity index (χ2n) is 10.4. The minimum absolute atomic E-state index is 0.113. The number of nitrogens with zero attached hydrogens (tertiary/aromatic N) is 3. The van der Waals surface area contributed by atoms with Gasteiger partial charge in [0.05, 0.1) is 27.0 Å². The van der Waals surface area contributed by atoms with Gasteiger partial charge in [0.25, 0.3) is 0 Å². The Hall–Kier alpha value is -2.77. The standard InChI is InChI=1S/C30H43N3O4/c1-22-19-29(36-4)23(2)18-25(22)21-31-13-12-26(24(20-31)10-11-30(34)37-5)32-14-16-33(17-15-32)27-8-6-7-9-28(27)35-3/h6-9,18-19,24,26H,10-17,20-21H2,1-5H3/t24-,26+/m1/s1. The van der Waals surface area contributed by atoms with Crippen molar-refractivity contribution in [1.29, 1.82) is 0 Å². The Morgan fingerprint density at radius 3 is 2.35 bits per heavy atom. The average Bonchev–Trinajstić information content (AvgIpc) is 2.93. The van der Waals surface area contributed by atoms with Crippen LogP contribution in [-0.2, 0) is 16.1 Å². The third-order valence-electron chi connectivity index (χ3n) is 8.18. The van der Waals surface area contributed by atoms with Crippen LogP contribution in [0.25, 0.3) is 0 Å². The van der Waals surface area contributed by atoms with Crippen molar-refractivity contribution in [2.24, 2.45) is 5.92 Å². The Kier molecular flexibility index (Phi) is 9.33. The van der Waals surface area contributed by atoms with E-state index in [0.717, 1.165) is 70.2 Å². The summed E-state index contributed by atoms with van der Waals surface area (Å²) in [5.41, 5.74) is 4.97. The molecule has 0 unspecified atom stereocenters. The number of likely N-dealkylation sites (tertiary alicyclic amines) is 1. The summed E-state index contributed by atoms with van der Waals surface area (Å²) in [5, 5.41) is 0. The maximum atomic E-state index is 12.0. The zero-order valence-corrected chi connectivity index (χ0v) is 23.2. The van der Waals surface area contributed by atoms with Crippen molar-refractivity contribution in [3.05, 3.63) is 53.1 Å². The van der Waals surface area contributed by atoms with E-state index in [-0.39, 0.29) is 5.97 Å². The van der Waals surface area contributed by atoms with Gasteiger partial charge >= 0.3 is 5.97 Å². The second-order valence-corrected chi connectivity index (χ2v) is 10.4. The lowest BCUT2D eigenvalue weighted by Crippen LogP contribution is -2.56. The first-order chi connectivity index (χ1) is 17.9. The van der Waals surface area contributed by atoms with Crippen LogP contribution in [0.3, 0.4) is 0 Å². The summed E-state index contributed by atoms with van der Waals surface area (Å²) in [6.45, 7) is 11.3. The molecule has 0 bridgehead atoms. The van der Waals surface area contributed by atoms with Gasteiger partial charge in [-0.1, -0.05) is 18.2 Å². The van der Waals surface area contributed by atoms with Gasteiger partial charge in [0.2, 0.25) is 0 Å². The zero-order valence-electron chi connectivity index (χ0n) is 23.2. The minimum Gasteiger partial charge on any atom is -0.496 e. The zero-order chi connectivity index (χ0) is 26.4. The first-order valence-corrected chi connectivity index (χ1v) is 13.5. The minimum atomic E-state index is -0.113. The normalized spacial score (nSPS) is 21.1. The number of piperazine rings is 1. The van der Waals surface area contributed by atoms with Crippen molar-refractivity contribution < 1.29 is 19.0 Å². The average molecular weight is 510 g/mol. The molecule has 37 heavy (non-hydrogen) atoms. The summed E-state index contributed by atoms with van der Waals surface area (Å²) in [7, 11) is 4.96. The number of carbonyl (C=O) groups is 1. The molecular formula is C30H43N3O4. The van der Waals surface area contributed by atoms with E-state index in [0.29, 0.717) is 18.4 Å². The number of ether oxygens (including phenoxy) is 3. The highest BCUT2D eigenvalue weighted by atomic mass is 16.5. The number of benzene rings is 2. The second kappa shape index (κ2) is 12.7. The lowest BCUT2D eigenvalue weighted by Gasteiger charge is -2.47. The molecule has 2 saturated heterocycles. The topological polar surface area (TPSA) is 54.5 Å². The van der Waals surface area contributed by atoms with Crippen molar-refractivity contribution in [1.82, 2.24) is 9.80 Å². The molecule has 0 N–H and O–H groups in total. The fraction of sp³-hybridized carbons (Fsp3) is 0.567. The molecule has 0 amide bonds. The van der Waals surface area contributed by atoms with Gasteiger partial charge in [-0.05, 0) is 74.0 Å². The number of para-hydroxylation sites is 2. The molecule has 2 aromatic rings. The molecule has 2 aromatic carbocycles. The summed E-state index contributed by atoms with van der Waals surface area (Å²) >= 11 is 0. The molecule has 2 aliphatic heterocycles. The molecule has 202 valence electrons. The number of methoxy groups -OCH3 is 3. The van der Waals surface area contributed by atoms with E-state index in [1.165, 1.54) is 29.5 Å². The summed E-state index contributed by atoms with van der Waals surface area (Å²) < 4.78 is 16.1. The van der Waals surface area contributed by atoms with E-state index in [9.17, 15) is 4.79 Å². The van der Waals surface area contributed by atoms with Gasteiger partial charge in [0, 0.05) is 51.7 Å². The highest BCUT2D eigenvalue weighted by Crippen LogP contribution is 2.32. The molecule has 0 aliphatic carbocycles. The summed E-state index contributed by atoms with van der Waals surface area (Å²) in [4.78, 5) is 19.7. The van der Waals surface area contributed by atoms with Crippen LogP contribution in [-0.4, -0.2) is 82.4 Å². The van der Waals surface area contributed by atoms with Crippen molar-refractivity contribution in [2.75, 3.05) is 65.5 Å². The molecule has 0 radical (unpaired) electrons. The number of rotatable bonds is 9. The molecule has 7 heteroatoms. The first kappa shape index (κ1) is 27.3. The van der Waals surface area contributed by atoms with Crippen LogP contribution < -0.4 is 14.4 Å². The first-order valence-electron chi connectivity index (χ1n) is 13.5. The van der Waals surface area contributed by atoms with Crippen molar-refractivity contribution in [3.8, 4) is 11.5 Å². The molecule has 7 nitrogen and oxygen atoms in total. The predicted molar refractivity (Wildman–Crippen MR) is 148 cm³/mol. The maximum Gasteiger partial charge on any atom is 0.305 e. The van der Waals surface area contributed by atoms with Crippen LogP contribution in [0.1, 0.15) is 36.0 Å². The van der Waals surface area contributed by atoms with E-state index < -0.39 is 0 Å². The van der Waals surface area contributed by atoms with Gasteiger partial charge in [-0.2, -0.15) is 0 Å². The van der Waals surface area contributed by atoms with Gasteiger partial charge in [-0.25, -0.2) is 0 Å². The van der Waals surface area contributed by atoms with Gasteiger partial charge in [0.15, 0.2) is 0 Å². The maximum absolute atomic E-state index is 12.0. The fourth-order valence-corrected chi connectivity index (χ4v) is 6.07. The largest absolute Gasteiger partial charge is 0.496 e. The number of hydrogen-bond donors (Lipinski definition) is 0. The molecule has 0 aromatic heterocycles. The molecule has 2 heterocycles. The van der Waals surface area contributed by atoms with E-state index in [4.69, 9.17) is 14.2 Å². The lowest BCUT2D eigenvalue weighted by molar-refractivity contribution is -0.141. The Balaban J connectivity index is 1.42. The Morgan fingerprint density at radius 1 is 0.919 bits per heavy atom. The van der Waals surface area contributed by atoms with Crippen molar-refractivity contribution in [2.45, 2.75) is 45.7 Å². The SMILES string of the molecule is COC(=O)CC[C@@H]1CN(Cc2cc(C)c(OC)cc2C)CC[C@@H]1N1CCN(c2ccccc2OC)CC1. The predicted octanol–water partition coefficient (Wildman–Crippen LogP) is 4.29. The molecule has 4 rings (SSSR count). The van der Waals surface area contributed by atoms with E-state index in [2.05, 4.69) is 52.8 Å². The number of esters is 1. The van der Waals surface area contributed by atoms with Crippen LogP contribution in [0.5, 0.6) is 11.5 Å². The van der Waals surface area contributed by atoms with Crippen LogP contribution >= 0.6 is 0 Å². The molecule has 2 aliphatic rings. The molecule has 2 atom stereocenters. The number of carbonyl (C=O) groups excluding carboxylic acids is 1. The van der Waals surface area contributed by atoms with Crippen LogP contribution in [0, 0.1) is 19.8 Å². The van der Waals surface area contributed by atoms with E-state index >= 15 is 0 Å². The van der Waals surface area contributed by atoms with Gasteiger partial charge < -0.3 is 19.1 Å². The van der Waals surface area contributed by atoms with E-state index in [1.54, 1.807) is 14.2 Å². The smallest absolute Gasteiger partial charge is 0.305 e. The van der Waals surface area contributed by atoms with Gasteiger partial charge in [-0.3, -0.25) is 14.6 Å². The van der Waals surface area contributed by atoms with Crippen LogP contribution in [0.2, 0.25) is 0 Å². The third-order valence-corrected chi connectivity index (χ3v) is 8.18. The third kappa shape index (κ3) is 6.57. The Labute approximate surface area is 222 Å². The van der Waals surface area contributed by atoms with Gasteiger partial charge in [-0.15, -0.1) is 0 Å². The Morgan fingerprint density at radius 2 is 1.65 bits per heavy atom. The lowest BCUT2D eigenvalue weighted by atomic mass is 9.86. The Bertz CT molecular complexity index is 1050. The van der Waals surface area contributed by atoms with Crippen molar-refractivity contribution >= 4 is 11.7 Å². The number of aryl methyl sites for hydroxylation is 2. The van der Waals surface area contributed by atoms with Crippen LogP contribution in [0.4, 0.5) is 5.69 Å².